The van der Waals surface area contributed by atoms with E-state index in [-0.39, 0.29) is 18.7 Å². The summed E-state index contributed by atoms with van der Waals surface area (Å²) >= 11 is 0. The normalized spacial score (nSPS) is 14.7. The fourth-order valence-electron chi connectivity index (χ4n) is 3.56. The molecule has 0 aliphatic carbocycles. The molecular weight excluding hydrogens is 342 g/mol. The number of fused-ring (bicyclic) bond motifs is 1. The number of nitrogens with zero attached hydrogens (tertiary/aromatic N) is 5. The molecule has 1 saturated heterocycles. The number of aliphatic hydroxyl groups is 1. The molecule has 4 rings (SSSR count). The van der Waals surface area contributed by atoms with Crippen LogP contribution in [0.15, 0.2) is 47.7 Å². The smallest absolute Gasteiger partial charge is 0.261 e. The summed E-state index contributed by atoms with van der Waals surface area (Å²) in [5, 5.41) is 9.63. The molecule has 7 heteroatoms. The molecule has 0 atom stereocenters. The Labute approximate surface area is 157 Å². The largest absolute Gasteiger partial charge is 0.395 e. The predicted molar refractivity (Wildman–Crippen MR) is 106 cm³/mol. The summed E-state index contributed by atoms with van der Waals surface area (Å²) in [4.78, 5) is 25.8. The minimum absolute atomic E-state index is 0.0769. The summed E-state index contributed by atoms with van der Waals surface area (Å²) in [6, 6.07) is 9.98. The Morgan fingerprint density at radius 1 is 1.00 bits per heavy atom. The van der Waals surface area contributed by atoms with Crippen molar-refractivity contribution in [3.63, 3.8) is 0 Å². The second-order valence-electron chi connectivity index (χ2n) is 6.80. The van der Waals surface area contributed by atoms with Gasteiger partial charge in [-0.1, -0.05) is 0 Å². The van der Waals surface area contributed by atoms with Crippen LogP contribution in [0.25, 0.3) is 10.9 Å². The molecule has 27 heavy (non-hydrogen) atoms. The van der Waals surface area contributed by atoms with Crippen molar-refractivity contribution in [3.05, 3.63) is 58.9 Å². The van der Waals surface area contributed by atoms with Gasteiger partial charge in [-0.15, -0.1) is 0 Å². The van der Waals surface area contributed by atoms with E-state index >= 15 is 0 Å². The predicted octanol–water partition coefficient (Wildman–Crippen LogP) is 1.42. The summed E-state index contributed by atoms with van der Waals surface area (Å²) in [6.45, 7) is 5.89. The van der Waals surface area contributed by atoms with E-state index in [1.165, 1.54) is 16.6 Å². The lowest BCUT2D eigenvalue weighted by molar-refractivity contribution is 0.274. The Bertz CT molecular complexity index is 1010. The molecule has 1 aliphatic heterocycles. The van der Waals surface area contributed by atoms with Crippen molar-refractivity contribution in [2.24, 2.45) is 0 Å². The molecule has 140 valence electrons. The van der Waals surface area contributed by atoms with Gasteiger partial charge in [0.2, 0.25) is 0 Å². The molecule has 1 N–H and O–H groups in total. The van der Waals surface area contributed by atoms with Crippen molar-refractivity contribution < 1.29 is 5.11 Å². The van der Waals surface area contributed by atoms with Crippen molar-refractivity contribution >= 4 is 22.3 Å². The molecule has 2 aromatic heterocycles. The number of pyridine rings is 1. The fraction of sp³-hybridized carbons (Fsp3) is 0.350. The molecule has 0 amide bonds. The number of hydrogen-bond acceptors (Lipinski definition) is 6. The lowest BCUT2D eigenvalue weighted by Gasteiger charge is -2.37. The van der Waals surface area contributed by atoms with Gasteiger partial charge in [-0.3, -0.25) is 14.3 Å². The lowest BCUT2D eigenvalue weighted by Crippen LogP contribution is -2.46. The molecule has 0 unspecified atom stereocenters. The van der Waals surface area contributed by atoms with Gasteiger partial charge < -0.3 is 14.9 Å². The molecule has 0 bridgehead atoms. The maximum atomic E-state index is 12.4. The first kappa shape index (κ1) is 17.5. The Morgan fingerprint density at radius 3 is 2.37 bits per heavy atom. The van der Waals surface area contributed by atoms with Crippen molar-refractivity contribution in [3.8, 4) is 0 Å². The zero-order chi connectivity index (χ0) is 18.8. The van der Waals surface area contributed by atoms with Gasteiger partial charge in [-0.25, -0.2) is 4.98 Å². The van der Waals surface area contributed by atoms with Gasteiger partial charge >= 0.3 is 0 Å². The maximum Gasteiger partial charge on any atom is 0.261 e. The second-order valence-corrected chi connectivity index (χ2v) is 6.80. The Balaban J connectivity index is 1.52. The molecule has 0 saturated carbocycles. The van der Waals surface area contributed by atoms with Gasteiger partial charge in [-0.05, 0) is 37.3 Å². The van der Waals surface area contributed by atoms with Gasteiger partial charge in [0.1, 0.15) is 0 Å². The van der Waals surface area contributed by atoms with Crippen LogP contribution >= 0.6 is 0 Å². The number of hydrogen-bond donors (Lipinski definition) is 1. The Morgan fingerprint density at radius 2 is 1.70 bits per heavy atom. The minimum Gasteiger partial charge on any atom is -0.395 e. The molecule has 3 heterocycles. The Kier molecular flexibility index (Phi) is 4.77. The van der Waals surface area contributed by atoms with Crippen LogP contribution in [0.1, 0.15) is 5.69 Å². The fourth-order valence-corrected chi connectivity index (χ4v) is 3.56. The third kappa shape index (κ3) is 3.50. The van der Waals surface area contributed by atoms with E-state index in [4.69, 9.17) is 5.11 Å². The van der Waals surface area contributed by atoms with Crippen LogP contribution in [0, 0.1) is 6.92 Å². The van der Waals surface area contributed by atoms with Crippen molar-refractivity contribution in [2.45, 2.75) is 13.5 Å². The summed E-state index contributed by atoms with van der Waals surface area (Å²) in [7, 11) is 0. The molecule has 7 nitrogen and oxygen atoms in total. The second kappa shape index (κ2) is 7.36. The molecular formula is C20H23N5O2. The highest BCUT2D eigenvalue weighted by Crippen LogP contribution is 2.23. The van der Waals surface area contributed by atoms with Crippen LogP contribution in [-0.4, -0.2) is 52.4 Å². The number of benzene rings is 1. The number of rotatable bonds is 4. The SMILES string of the molecule is Cc1cc(N2CCN(c3ccc4c(=O)n(CCO)cnc4c3)CC2)ccn1. The summed E-state index contributed by atoms with van der Waals surface area (Å²) in [5.74, 6) is 0. The number of piperazine rings is 1. The van der Waals surface area contributed by atoms with E-state index in [1.54, 1.807) is 0 Å². The maximum absolute atomic E-state index is 12.4. The third-order valence-corrected chi connectivity index (χ3v) is 5.04. The molecule has 3 aromatic rings. The zero-order valence-corrected chi connectivity index (χ0v) is 15.4. The lowest BCUT2D eigenvalue weighted by atomic mass is 10.2. The van der Waals surface area contributed by atoms with Gasteiger partial charge in [0.15, 0.2) is 0 Å². The van der Waals surface area contributed by atoms with E-state index in [0.29, 0.717) is 10.9 Å². The summed E-state index contributed by atoms with van der Waals surface area (Å²) in [6.07, 6.45) is 3.37. The molecule has 0 radical (unpaired) electrons. The topological polar surface area (TPSA) is 74.5 Å². The van der Waals surface area contributed by atoms with Gasteiger partial charge in [-0.2, -0.15) is 0 Å². The monoisotopic (exact) mass is 365 g/mol. The summed E-state index contributed by atoms with van der Waals surface area (Å²) < 4.78 is 1.44. The van der Waals surface area contributed by atoms with Crippen LogP contribution in [0.5, 0.6) is 0 Å². The number of aliphatic hydroxyl groups excluding tert-OH is 1. The van der Waals surface area contributed by atoms with E-state index in [9.17, 15) is 4.79 Å². The third-order valence-electron chi connectivity index (χ3n) is 5.04. The van der Waals surface area contributed by atoms with Crippen LogP contribution in [-0.2, 0) is 6.54 Å². The van der Waals surface area contributed by atoms with E-state index in [2.05, 4.69) is 31.9 Å². The van der Waals surface area contributed by atoms with Gasteiger partial charge in [0, 0.05) is 49.4 Å². The zero-order valence-electron chi connectivity index (χ0n) is 15.4. The molecule has 1 aliphatic rings. The molecule has 1 fully saturated rings. The number of aromatic nitrogens is 3. The standard InChI is InChI=1S/C20H23N5O2/c1-15-12-17(4-5-21-15)24-8-6-23(7-9-24)16-2-3-18-19(13-16)22-14-25(10-11-26)20(18)27/h2-5,12-14,26H,6-11H2,1H3. The molecule has 1 aromatic carbocycles. The van der Waals surface area contributed by atoms with Crippen LogP contribution in [0.2, 0.25) is 0 Å². The van der Waals surface area contributed by atoms with Gasteiger partial charge in [0.25, 0.3) is 5.56 Å². The highest BCUT2D eigenvalue weighted by atomic mass is 16.3. The van der Waals surface area contributed by atoms with Crippen LogP contribution in [0.3, 0.4) is 0 Å². The first-order valence-electron chi connectivity index (χ1n) is 9.18. The highest BCUT2D eigenvalue weighted by molar-refractivity contribution is 5.81. The Hall–Kier alpha value is -2.93. The molecule has 0 spiro atoms. The van der Waals surface area contributed by atoms with E-state index in [1.807, 2.05) is 31.3 Å². The number of aryl methyl sites for hydroxylation is 1. The van der Waals surface area contributed by atoms with Crippen LogP contribution < -0.4 is 15.4 Å². The van der Waals surface area contributed by atoms with E-state index in [0.717, 1.165) is 37.6 Å². The first-order chi connectivity index (χ1) is 13.2. The number of anilines is 2. The van der Waals surface area contributed by atoms with Crippen molar-refractivity contribution in [1.82, 2.24) is 14.5 Å². The minimum atomic E-state index is -0.113. The first-order valence-corrected chi connectivity index (χ1v) is 9.18. The average molecular weight is 365 g/mol. The summed E-state index contributed by atoms with van der Waals surface area (Å²) in [5.41, 5.74) is 3.91. The quantitative estimate of drug-likeness (QED) is 0.754. The van der Waals surface area contributed by atoms with Gasteiger partial charge in [0.05, 0.1) is 30.4 Å². The van der Waals surface area contributed by atoms with E-state index < -0.39 is 0 Å². The van der Waals surface area contributed by atoms with Crippen LogP contribution in [0.4, 0.5) is 11.4 Å². The average Bonchev–Trinajstić information content (AvgIpc) is 2.70. The highest BCUT2D eigenvalue weighted by Gasteiger charge is 2.18. The van der Waals surface area contributed by atoms with Crippen molar-refractivity contribution in [1.29, 1.82) is 0 Å². The van der Waals surface area contributed by atoms with Crippen molar-refractivity contribution in [2.75, 3.05) is 42.6 Å².